The molecule has 3 rings (SSSR count). The molecule has 1 saturated carbocycles. The maximum absolute atomic E-state index is 12.3. The van der Waals surface area contributed by atoms with Gasteiger partial charge in [0.2, 0.25) is 5.91 Å². The van der Waals surface area contributed by atoms with E-state index < -0.39 is 6.10 Å². The summed E-state index contributed by atoms with van der Waals surface area (Å²) in [5, 5.41) is 16.5. The van der Waals surface area contributed by atoms with Crippen molar-refractivity contribution in [2.24, 2.45) is 0 Å². The summed E-state index contributed by atoms with van der Waals surface area (Å²) >= 11 is 0. The fourth-order valence-electron chi connectivity index (χ4n) is 3.35. The molecule has 1 aliphatic heterocycles. The fourth-order valence-corrected chi connectivity index (χ4v) is 3.35. The zero-order valence-corrected chi connectivity index (χ0v) is 14.9. The number of aromatic nitrogens is 1. The maximum atomic E-state index is 12.3. The Morgan fingerprint density at radius 2 is 2.20 bits per heavy atom. The van der Waals surface area contributed by atoms with E-state index in [1.54, 1.807) is 6.07 Å². The third kappa shape index (κ3) is 4.39. The highest BCUT2D eigenvalue weighted by Crippen LogP contribution is 2.40. The molecule has 0 aromatic carbocycles. The molecule has 1 saturated heterocycles. The highest BCUT2D eigenvalue weighted by atomic mass is 16.5. The van der Waals surface area contributed by atoms with Gasteiger partial charge in [-0.2, -0.15) is 0 Å². The molecule has 1 aromatic heterocycles. The second-order valence-electron chi connectivity index (χ2n) is 7.29. The van der Waals surface area contributed by atoms with Gasteiger partial charge in [-0.1, -0.05) is 12.1 Å². The average molecular weight is 349 g/mol. The second kappa shape index (κ2) is 7.56. The van der Waals surface area contributed by atoms with Gasteiger partial charge < -0.3 is 19.8 Å². The molecule has 0 spiro atoms. The van der Waals surface area contributed by atoms with Gasteiger partial charge in [0.05, 0.1) is 12.5 Å². The minimum absolute atomic E-state index is 0.0165. The molecule has 2 heterocycles. The first-order valence-electron chi connectivity index (χ1n) is 9.23. The van der Waals surface area contributed by atoms with Gasteiger partial charge >= 0.3 is 0 Å². The van der Waals surface area contributed by atoms with E-state index >= 15 is 0 Å². The molecule has 2 N–H and O–H groups in total. The van der Waals surface area contributed by atoms with Crippen LogP contribution in [0.25, 0.3) is 0 Å². The quantitative estimate of drug-likeness (QED) is 0.817. The van der Waals surface area contributed by atoms with E-state index in [1.165, 1.54) is 0 Å². The number of hydrogen-bond donors (Lipinski definition) is 2. The summed E-state index contributed by atoms with van der Waals surface area (Å²) in [6.07, 6.45) is 3.78. The van der Waals surface area contributed by atoms with Crippen LogP contribution < -0.4 is 5.32 Å². The third-order valence-corrected chi connectivity index (χ3v) is 5.15. The molecule has 2 aliphatic rings. The molecule has 138 valence electrons. The molecule has 1 aliphatic carbocycles. The summed E-state index contributed by atoms with van der Waals surface area (Å²) in [6.45, 7) is 4.44. The third-order valence-electron chi connectivity index (χ3n) is 5.15. The lowest BCUT2D eigenvalue weighted by molar-refractivity contribution is -0.136. The summed E-state index contributed by atoms with van der Waals surface area (Å²) in [5.74, 6) is 1.00. The van der Waals surface area contributed by atoms with Crippen molar-refractivity contribution in [3.63, 3.8) is 0 Å². The van der Waals surface area contributed by atoms with Gasteiger partial charge in [0.1, 0.15) is 5.76 Å². The number of likely N-dealkylation sites (tertiary alicyclic amines) is 1. The number of aliphatic hydroxyl groups is 1. The van der Waals surface area contributed by atoms with Gasteiger partial charge in [0.15, 0.2) is 5.69 Å². The summed E-state index contributed by atoms with van der Waals surface area (Å²) in [6, 6.07) is 1.79. The SMILES string of the molecule is CCC(O)CC(=O)N1CC[C@H](NC(=O)c2cc(C3CC3)on2)C[C@H]1C. The molecule has 0 radical (unpaired) electrons. The number of rotatable bonds is 6. The van der Waals surface area contributed by atoms with Crippen LogP contribution in [-0.4, -0.2) is 51.7 Å². The topological polar surface area (TPSA) is 95.7 Å². The number of carbonyl (C=O) groups excluding carboxylic acids is 2. The van der Waals surface area contributed by atoms with Crippen LogP contribution in [0.5, 0.6) is 0 Å². The van der Waals surface area contributed by atoms with Crippen molar-refractivity contribution >= 4 is 11.8 Å². The Morgan fingerprint density at radius 3 is 2.84 bits per heavy atom. The minimum atomic E-state index is -0.579. The lowest BCUT2D eigenvalue weighted by Gasteiger charge is -2.38. The lowest BCUT2D eigenvalue weighted by Crippen LogP contribution is -2.51. The zero-order valence-electron chi connectivity index (χ0n) is 14.9. The minimum Gasteiger partial charge on any atom is -0.393 e. The highest BCUT2D eigenvalue weighted by Gasteiger charge is 2.32. The Balaban J connectivity index is 1.50. The molecule has 2 amide bonds. The monoisotopic (exact) mass is 349 g/mol. The maximum Gasteiger partial charge on any atom is 0.273 e. The van der Waals surface area contributed by atoms with Gasteiger partial charge in [-0.15, -0.1) is 0 Å². The second-order valence-corrected chi connectivity index (χ2v) is 7.29. The van der Waals surface area contributed by atoms with Crippen LogP contribution in [0.3, 0.4) is 0 Å². The number of piperidine rings is 1. The van der Waals surface area contributed by atoms with Crippen LogP contribution >= 0.6 is 0 Å². The van der Waals surface area contributed by atoms with Crippen molar-refractivity contribution in [2.75, 3.05) is 6.54 Å². The molecule has 2 fully saturated rings. The van der Waals surface area contributed by atoms with E-state index in [0.717, 1.165) is 18.6 Å². The molecule has 7 heteroatoms. The number of nitrogens with zero attached hydrogens (tertiary/aromatic N) is 2. The zero-order chi connectivity index (χ0) is 18.0. The van der Waals surface area contributed by atoms with Gasteiger partial charge in [0, 0.05) is 30.6 Å². The summed E-state index contributed by atoms with van der Waals surface area (Å²) in [7, 11) is 0. The van der Waals surface area contributed by atoms with Crippen molar-refractivity contribution in [3.8, 4) is 0 Å². The average Bonchev–Trinajstić information content (AvgIpc) is 3.31. The smallest absolute Gasteiger partial charge is 0.273 e. The van der Waals surface area contributed by atoms with E-state index in [4.69, 9.17) is 4.52 Å². The largest absolute Gasteiger partial charge is 0.393 e. The Kier molecular flexibility index (Phi) is 5.42. The number of carbonyl (C=O) groups is 2. The van der Waals surface area contributed by atoms with Crippen molar-refractivity contribution in [3.05, 3.63) is 17.5 Å². The van der Waals surface area contributed by atoms with Crippen LogP contribution in [0, 0.1) is 0 Å². The molecule has 0 bridgehead atoms. The van der Waals surface area contributed by atoms with E-state index in [-0.39, 0.29) is 30.3 Å². The van der Waals surface area contributed by atoms with Gasteiger partial charge in [-0.05, 0) is 39.0 Å². The first-order valence-corrected chi connectivity index (χ1v) is 9.23. The van der Waals surface area contributed by atoms with Gasteiger partial charge in [0.25, 0.3) is 5.91 Å². The number of amides is 2. The first-order chi connectivity index (χ1) is 12.0. The van der Waals surface area contributed by atoms with Crippen LogP contribution in [0.4, 0.5) is 0 Å². The standard InChI is InChI=1S/C18H27N3O4/c1-3-14(22)9-17(23)21-7-6-13(8-11(21)2)19-18(24)15-10-16(25-20-15)12-4-5-12/h10-14,22H,3-9H2,1-2H3,(H,19,24)/t11-,13+,14?/m1/s1. The molecule has 1 unspecified atom stereocenters. The Bertz CT molecular complexity index is 626. The van der Waals surface area contributed by atoms with Crippen LogP contribution in [0.15, 0.2) is 10.6 Å². The number of hydrogen-bond acceptors (Lipinski definition) is 5. The molecular weight excluding hydrogens is 322 g/mol. The highest BCUT2D eigenvalue weighted by molar-refractivity contribution is 5.92. The fraction of sp³-hybridized carbons (Fsp3) is 0.722. The summed E-state index contributed by atoms with van der Waals surface area (Å²) < 4.78 is 5.23. The van der Waals surface area contributed by atoms with Crippen molar-refractivity contribution in [2.45, 2.75) is 76.5 Å². The lowest BCUT2D eigenvalue weighted by atomic mass is 9.97. The van der Waals surface area contributed by atoms with Crippen molar-refractivity contribution in [1.29, 1.82) is 0 Å². The van der Waals surface area contributed by atoms with Crippen LogP contribution in [-0.2, 0) is 4.79 Å². The predicted octanol–water partition coefficient (Wildman–Crippen LogP) is 1.82. The van der Waals surface area contributed by atoms with Crippen LogP contribution in [0.1, 0.15) is 74.5 Å². The molecular formula is C18H27N3O4. The van der Waals surface area contributed by atoms with E-state index in [9.17, 15) is 14.7 Å². The van der Waals surface area contributed by atoms with Crippen molar-refractivity contribution < 1.29 is 19.2 Å². The molecule has 7 nitrogen and oxygen atoms in total. The van der Waals surface area contributed by atoms with Gasteiger partial charge in [-0.3, -0.25) is 9.59 Å². The van der Waals surface area contributed by atoms with Gasteiger partial charge in [-0.25, -0.2) is 0 Å². The molecule has 1 aromatic rings. The van der Waals surface area contributed by atoms with Crippen molar-refractivity contribution in [1.82, 2.24) is 15.4 Å². The number of nitrogens with one attached hydrogen (secondary N) is 1. The Morgan fingerprint density at radius 1 is 1.44 bits per heavy atom. The Hall–Kier alpha value is -1.89. The Labute approximate surface area is 147 Å². The normalized spacial score (nSPS) is 24.8. The molecule has 25 heavy (non-hydrogen) atoms. The first kappa shape index (κ1) is 17.9. The van der Waals surface area contributed by atoms with Crippen LogP contribution in [0.2, 0.25) is 0 Å². The van der Waals surface area contributed by atoms with E-state index in [0.29, 0.717) is 37.4 Å². The summed E-state index contributed by atoms with van der Waals surface area (Å²) in [4.78, 5) is 26.4. The van der Waals surface area contributed by atoms with E-state index in [2.05, 4.69) is 10.5 Å². The predicted molar refractivity (Wildman–Crippen MR) is 91.1 cm³/mol. The van der Waals surface area contributed by atoms with E-state index in [1.807, 2.05) is 18.7 Å². The number of aliphatic hydroxyl groups excluding tert-OH is 1. The summed E-state index contributed by atoms with van der Waals surface area (Å²) in [5.41, 5.74) is 0.333. The molecule has 3 atom stereocenters.